The minimum Gasteiger partial charge on any atom is -0.480 e. The summed E-state index contributed by atoms with van der Waals surface area (Å²) in [7, 11) is 3.61. The van der Waals surface area contributed by atoms with Crippen LogP contribution in [0.4, 0.5) is 11.9 Å². The Hall–Kier alpha value is -1.57. The standard InChI is InChI=1S/C11H19N5O2S/c1-6(2)8(9(17)18)19-5-7-13-10(12)15-11(14-7)16(3)4/h6,8H,5H2,1-4H3,(H,17,18)(H2,12,13,14,15). The first-order valence-corrected chi connectivity index (χ1v) is 6.88. The van der Waals surface area contributed by atoms with E-state index in [1.807, 2.05) is 13.8 Å². The number of hydrogen-bond donors (Lipinski definition) is 2. The summed E-state index contributed by atoms with van der Waals surface area (Å²) in [6.07, 6.45) is 0. The summed E-state index contributed by atoms with van der Waals surface area (Å²) in [6, 6.07) is 0. The Morgan fingerprint density at radius 3 is 2.47 bits per heavy atom. The number of thioether (sulfide) groups is 1. The van der Waals surface area contributed by atoms with Crippen LogP contribution in [0.3, 0.4) is 0 Å². The van der Waals surface area contributed by atoms with E-state index in [0.717, 1.165) is 0 Å². The van der Waals surface area contributed by atoms with Crippen molar-refractivity contribution in [1.29, 1.82) is 0 Å². The summed E-state index contributed by atoms with van der Waals surface area (Å²) in [5.41, 5.74) is 5.61. The van der Waals surface area contributed by atoms with Gasteiger partial charge in [0.15, 0.2) is 0 Å². The lowest BCUT2D eigenvalue weighted by atomic mass is 10.1. The molecule has 1 unspecified atom stereocenters. The van der Waals surface area contributed by atoms with Crippen LogP contribution in [0.25, 0.3) is 0 Å². The Kier molecular flexibility index (Phi) is 5.34. The molecule has 1 atom stereocenters. The number of nitrogens with two attached hydrogens (primary N) is 1. The van der Waals surface area contributed by atoms with Gasteiger partial charge in [-0.1, -0.05) is 13.8 Å². The number of nitrogens with zero attached hydrogens (tertiary/aromatic N) is 4. The van der Waals surface area contributed by atoms with E-state index < -0.39 is 11.2 Å². The lowest BCUT2D eigenvalue weighted by molar-refractivity contribution is -0.137. The molecule has 0 radical (unpaired) electrons. The van der Waals surface area contributed by atoms with Gasteiger partial charge in [-0.25, -0.2) is 0 Å². The molecule has 1 heterocycles. The molecule has 1 aromatic rings. The van der Waals surface area contributed by atoms with Gasteiger partial charge in [-0.05, 0) is 5.92 Å². The van der Waals surface area contributed by atoms with Crippen LogP contribution < -0.4 is 10.6 Å². The number of hydrogen-bond acceptors (Lipinski definition) is 7. The third-order valence-corrected chi connectivity index (χ3v) is 3.86. The average molecular weight is 285 g/mol. The fraction of sp³-hybridized carbons (Fsp3) is 0.636. The van der Waals surface area contributed by atoms with Gasteiger partial charge in [0, 0.05) is 14.1 Å². The summed E-state index contributed by atoms with van der Waals surface area (Å²) in [5, 5.41) is 8.63. The van der Waals surface area contributed by atoms with Crippen LogP contribution in [-0.2, 0) is 10.5 Å². The SMILES string of the molecule is CC(C)C(SCc1nc(N)nc(N(C)C)n1)C(=O)O. The maximum absolute atomic E-state index is 11.1. The number of anilines is 2. The molecule has 7 nitrogen and oxygen atoms in total. The molecule has 1 aromatic heterocycles. The summed E-state index contributed by atoms with van der Waals surface area (Å²) < 4.78 is 0. The van der Waals surface area contributed by atoms with Crippen LogP contribution in [0, 0.1) is 5.92 Å². The number of aliphatic carboxylic acids is 1. The van der Waals surface area contributed by atoms with Crippen molar-refractivity contribution in [2.24, 2.45) is 5.92 Å². The van der Waals surface area contributed by atoms with Crippen molar-refractivity contribution in [3.63, 3.8) is 0 Å². The van der Waals surface area contributed by atoms with Crippen LogP contribution in [0.5, 0.6) is 0 Å². The molecule has 106 valence electrons. The zero-order valence-corrected chi connectivity index (χ0v) is 12.3. The Morgan fingerprint density at radius 1 is 1.37 bits per heavy atom. The van der Waals surface area contributed by atoms with E-state index in [2.05, 4.69) is 15.0 Å². The first-order chi connectivity index (χ1) is 8.81. The molecule has 0 aliphatic heterocycles. The highest BCUT2D eigenvalue weighted by atomic mass is 32.2. The smallest absolute Gasteiger partial charge is 0.316 e. The zero-order valence-electron chi connectivity index (χ0n) is 11.5. The monoisotopic (exact) mass is 285 g/mol. The van der Waals surface area contributed by atoms with E-state index in [1.54, 1.807) is 19.0 Å². The average Bonchev–Trinajstić information content (AvgIpc) is 2.27. The number of nitrogen functional groups attached to an aromatic ring is 1. The van der Waals surface area contributed by atoms with Gasteiger partial charge in [0.2, 0.25) is 11.9 Å². The minimum absolute atomic E-state index is 0.0370. The molecule has 0 spiro atoms. The number of carbonyl (C=O) groups is 1. The summed E-state index contributed by atoms with van der Waals surface area (Å²) in [5.74, 6) is 0.714. The molecule has 19 heavy (non-hydrogen) atoms. The van der Waals surface area contributed by atoms with Gasteiger partial charge in [0.05, 0.1) is 5.75 Å². The molecule has 1 rings (SSSR count). The van der Waals surface area contributed by atoms with E-state index in [-0.39, 0.29) is 11.9 Å². The Morgan fingerprint density at radius 2 is 2.00 bits per heavy atom. The van der Waals surface area contributed by atoms with Crippen LogP contribution in [0.1, 0.15) is 19.7 Å². The predicted molar refractivity (Wildman–Crippen MR) is 76.1 cm³/mol. The molecular formula is C11H19N5O2S. The van der Waals surface area contributed by atoms with Crippen molar-refractivity contribution in [2.75, 3.05) is 24.7 Å². The molecule has 0 aromatic carbocycles. The fourth-order valence-corrected chi connectivity index (χ4v) is 2.39. The van der Waals surface area contributed by atoms with Crippen molar-refractivity contribution in [1.82, 2.24) is 15.0 Å². The topological polar surface area (TPSA) is 105 Å². The summed E-state index contributed by atoms with van der Waals surface area (Å²) in [6.45, 7) is 3.75. The molecule has 0 bridgehead atoms. The first kappa shape index (κ1) is 15.5. The number of rotatable bonds is 6. The Bertz CT molecular complexity index is 453. The quantitative estimate of drug-likeness (QED) is 0.793. The second-order valence-corrected chi connectivity index (χ2v) is 5.75. The normalized spacial score (nSPS) is 12.5. The van der Waals surface area contributed by atoms with Gasteiger partial charge >= 0.3 is 5.97 Å². The second-order valence-electron chi connectivity index (χ2n) is 4.62. The van der Waals surface area contributed by atoms with Crippen LogP contribution in [0.15, 0.2) is 0 Å². The van der Waals surface area contributed by atoms with E-state index in [1.165, 1.54) is 11.8 Å². The van der Waals surface area contributed by atoms with Crippen LogP contribution in [0.2, 0.25) is 0 Å². The van der Waals surface area contributed by atoms with Crippen molar-refractivity contribution in [2.45, 2.75) is 24.9 Å². The highest BCUT2D eigenvalue weighted by Gasteiger charge is 2.22. The van der Waals surface area contributed by atoms with Crippen molar-refractivity contribution in [3.05, 3.63) is 5.82 Å². The van der Waals surface area contributed by atoms with E-state index >= 15 is 0 Å². The number of carboxylic acids is 1. The molecule has 0 fully saturated rings. The van der Waals surface area contributed by atoms with E-state index in [4.69, 9.17) is 10.8 Å². The largest absolute Gasteiger partial charge is 0.480 e. The maximum atomic E-state index is 11.1. The van der Waals surface area contributed by atoms with Gasteiger partial charge in [-0.3, -0.25) is 4.79 Å². The molecule has 0 saturated heterocycles. The van der Waals surface area contributed by atoms with Gasteiger partial charge in [0.25, 0.3) is 0 Å². The maximum Gasteiger partial charge on any atom is 0.316 e. The molecule has 0 amide bonds. The summed E-state index contributed by atoms with van der Waals surface area (Å²) >= 11 is 1.29. The van der Waals surface area contributed by atoms with Crippen molar-refractivity contribution >= 4 is 29.6 Å². The fourth-order valence-electron chi connectivity index (χ4n) is 1.40. The zero-order chi connectivity index (χ0) is 14.6. The van der Waals surface area contributed by atoms with Crippen LogP contribution in [-0.4, -0.2) is 45.4 Å². The second kappa shape index (κ2) is 6.55. The third kappa shape index (κ3) is 4.55. The molecular weight excluding hydrogens is 266 g/mol. The molecule has 3 N–H and O–H groups in total. The predicted octanol–water partition coefficient (Wildman–Crippen LogP) is 0.862. The third-order valence-electron chi connectivity index (χ3n) is 2.33. The lowest BCUT2D eigenvalue weighted by Crippen LogP contribution is -2.23. The molecule has 8 heteroatoms. The molecule has 0 aliphatic rings. The highest BCUT2D eigenvalue weighted by molar-refractivity contribution is 7.99. The van der Waals surface area contributed by atoms with Crippen molar-refractivity contribution in [3.8, 4) is 0 Å². The van der Waals surface area contributed by atoms with Gasteiger partial charge in [-0.2, -0.15) is 15.0 Å². The van der Waals surface area contributed by atoms with Crippen molar-refractivity contribution < 1.29 is 9.90 Å². The molecule has 0 saturated carbocycles. The highest BCUT2D eigenvalue weighted by Crippen LogP contribution is 2.23. The van der Waals surface area contributed by atoms with Gasteiger partial charge in [0.1, 0.15) is 11.1 Å². The minimum atomic E-state index is -0.824. The molecule has 0 aliphatic carbocycles. The number of aromatic nitrogens is 3. The van der Waals surface area contributed by atoms with Gasteiger partial charge in [-0.15, -0.1) is 11.8 Å². The van der Waals surface area contributed by atoms with Crippen LogP contribution >= 0.6 is 11.8 Å². The number of carboxylic acid groups (broad SMARTS) is 1. The lowest BCUT2D eigenvalue weighted by Gasteiger charge is -2.16. The van der Waals surface area contributed by atoms with E-state index in [0.29, 0.717) is 17.5 Å². The Balaban J connectivity index is 2.79. The van der Waals surface area contributed by atoms with Gasteiger partial charge < -0.3 is 15.7 Å². The summed E-state index contributed by atoms with van der Waals surface area (Å²) in [4.78, 5) is 25.1. The van der Waals surface area contributed by atoms with E-state index in [9.17, 15) is 4.79 Å². The Labute approximate surface area is 116 Å². The first-order valence-electron chi connectivity index (χ1n) is 5.83.